The van der Waals surface area contributed by atoms with Crippen LogP contribution >= 0.6 is 0 Å². The number of nitrogens with zero attached hydrogens (tertiary/aromatic N) is 1. The van der Waals surface area contributed by atoms with Gasteiger partial charge in [0.1, 0.15) is 0 Å². The number of anilines is 2. The van der Waals surface area contributed by atoms with Gasteiger partial charge in [0.2, 0.25) is 0 Å². The van der Waals surface area contributed by atoms with Crippen LogP contribution in [0.5, 0.6) is 0 Å². The second-order valence-electron chi connectivity index (χ2n) is 9.95. The van der Waals surface area contributed by atoms with Crippen molar-refractivity contribution in [1.82, 2.24) is 10.6 Å². The molecule has 1 aliphatic rings. The number of piperidine rings is 1. The van der Waals surface area contributed by atoms with Crippen LogP contribution in [-0.2, 0) is 17.7 Å². The van der Waals surface area contributed by atoms with E-state index >= 15 is 0 Å². The average molecular weight is 529 g/mol. The quantitative estimate of drug-likeness (QED) is 0.266. The first-order chi connectivity index (χ1) is 19.1. The Morgan fingerprint density at radius 2 is 1.59 bits per heavy atom. The highest BCUT2D eigenvalue weighted by Gasteiger charge is 2.24. The van der Waals surface area contributed by atoms with Crippen molar-refractivity contribution in [2.45, 2.75) is 39.2 Å². The number of hydrogen-bond acceptors (Lipinski definition) is 4. The molecule has 1 aliphatic heterocycles. The molecule has 0 radical (unpaired) electrons. The summed E-state index contributed by atoms with van der Waals surface area (Å²) in [6, 6.07) is 25.7. The topological polar surface area (TPSA) is 82.7 Å². The van der Waals surface area contributed by atoms with Crippen molar-refractivity contribution in [2.75, 3.05) is 43.1 Å². The van der Waals surface area contributed by atoms with Crippen molar-refractivity contribution in [3.63, 3.8) is 0 Å². The van der Waals surface area contributed by atoms with Gasteiger partial charge in [0.15, 0.2) is 0 Å². The van der Waals surface area contributed by atoms with Gasteiger partial charge in [-0.25, -0.2) is 4.79 Å². The van der Waals surface area contributed by atoms with Crippen LogP contribution in [0.25, 0.3) is 0 Å². The molecule has 3 aromatic carbocycles. The minimum atomic E-state index is -0.309. The number of benzene rings is 3. The van der Waals surface area contributed by atoms with E-state index in [4.69, 9.17) is 4.74 Å². The Kier molecular flexibility index (Phi) is 10.8. The number of carbonyl (C=O) groups excluding carboxylic acids is 2. The number of ether oxygens (including phenoxy) is 1. The molecule has 39 heavy (non-hydrogen) atoms. The lowest BCUT2D eigenvalue weighted by molar-refractivity contribution is 0.0944. The molecular weight excluding hydrogens is 488 g/mol. The Hall–Kier alpha value is -3.84. The number of urea groups is 1. The largest absolute Gasteiger partial charge is 0.382 e. The number of rotatable bonds is 12. The first-order valence-corrected chi connectivity index (χ1v) is 14.0. The van der Waals surface area contributed by atoms with E-state index in [2.05, 4.69) is 51.2 Å². The Morgan fingerprint density at radius 1 is 0.897 bits per heavy atom. The zero-order valence-electron chi connectivity index (χ0n) is 22.8. The summed E-state index contributed by atoms with van der Waals surface area (Å²) >= 11 is 0. The van der Waals surface area contributed by atoms with Crippen LogP contribution in [0.3, 0.4) is 0 Å². The van der Waals surface area contributed by atoms with Crippen molar-refractivity contribution in [3.8, 4) is 0 Å². The summed E-state index contributed by atoms with van der Waals surface area (Å²) < 4.78 is 5.40. The van der Waals surface area contributed by atoms with Gasteiger partial charge < -0.3 is 25.6 Å². The number of nitrogens with one attached hydrogen (secondary N) is 3. The van der Waals surface area contributed by atoms with Crippen LogP contribution in [-0.4, -0.2) is 44.8 Å². The third-order valence-electron chi connectivity index (χ3n) is 7.07. The fourth-order valence-corrected chi connectivity index (χ4v) is 4.97. The normalized spacial score (nSPS) is 13.6. The molecule has 4 rings (SSSR count). The van der Waals surface area contributed by atoms with E-state index in [0.717, 1.165) is 50.0 Å². The van der Waals surface area contributed by atoms with Crippen molar-refractivity contribution >= 4 is 23.3 Å². The Labute approximate surface area is 231 Å². The van der Waals surface area contributed by atoms with E-state index in [1.54, 1.807) is 6.07 Å². The summed E-state index contributed by atoms with van der Waals surface area (Å²) in [7, 11) is 0. The summed E-state index contributed by atoms with van der Waals surface area (Å²) in [6.45, 7) is 5.99. The van der Waals surface area contributed by atoms with Gasteiger partial charge in [0.25, 0.3) is 5.91 Å². The monoisotopic (exact) mass is 528 g/mol. The van der Waals surface area contributed by atoms with Gasteiger partial charge >= 0.3 is 6.03 Å². The summed E-state index contributed by atoms with van der Waals surface area (Å²) in [5, 5.41) is 8.80. The highest BCUT2D eigenvalue weighted by atomic mass is 16.5. The van der Waals surface area contributed by atoms with E-state index in [1.807, 2.05) is 49.4 Å². The van der Waals surface area contributed by atoms with Crippen molar-refractivity contribution in [2.24, 2.45) is 5.92 Å². The van der Waals surface area contributed by atoms with Crippen molar-refractivity contribution < 1.29 is 14.3 Å². The standard InChI is InChI=1S/C32H40N4O3/c1-2-39-21-9-18-33-31(37)29-23-28(35-32(38)34-24-27-12-7-4-8-13-27)14-15-30(29)36-19-16-26(17-20-36)22-25-10-5-3-6-11-25/h3-8,10-15,23,26H,2,9,16-22,24H2,1H3,(H,33,37)(H2,34,35,38). The van der Waals surface area contributed by atoms with Crippen molar-refractivity contribution in [1.29, 1.82) is 0 Å². The first-order valence-electron chi connectivity index (χ1n) is 14.0. The molecule has 0 spiro atoms. The SMILES string of the molecule is CCOCCCNC(=O)c1cc(NC(=O)NCc2ccccc2)ccc1N1CCC(Cc2ccccc2)CC1. The Balaban J connectivity index is 1.41. The predicted molar refractivity (Wildman–Crippen MR) is 157 cm³/mol. The maximum Gasteiger partial charge on any atom is 0.319 e. The van der Waals surface area contributed by atoms with Gasteiger partial charge in [-0.3, -0.25) is 4.79 Å². The maximum atomic E-state index is 13.3. The molecule has 1 heterocycles. The second kappa shape index (κ2) is 14.9. The molecule has 206 valence electrons. The molecular formula is C32H40N4O3. The van der Waals surface area contributed by atoms with Gasteiger partial charge in [0.05, 0.1) is 5.56 Å². The fraction of sp³-hybridized carbons (Fsp3) is 0.375. The van der Waals surface area contributed by atoms with E-state index in [0.29, 0.717) is 43.5 Å². The predicted octanol–water partition coefficient (Wildman–Crippen LogP) is 5.62. The van der Waals surface area contributed by atoms with Gasteiger partial charge in [-0.15, -0.1) is 0 Å². The fourth-order valence-electron chi connectivity index (χ4n) is 4.97. The first kappa shape index (κ1) is 28.2. The summed E-state index contributed by atoms with van der Waals surface area (Å²) in [5.74, 6) is 0.495. The van der Waals surface area contributed by atoms with Gasteiger partial charge in [-0.1, -0.05) is 60.7 Å². The maximum absolute atomic E-state index is 13.3. The van der Waals surface area contributed by atoms with E-state index in [1.165, 1.54) is 5.56 Å². The van der Waals surface area contributed by atoms with E-state index < -0.39 is 0 Å². The molecule has 1 saturated heterocycles. The summed E-state index contributed by atoms with van der Waals surface area (Å²) in [5.41, 5.74) is 4.47. The molecule has 3 amide bonds. The van der Waals surface area contributed by atoms with Crippen LogP contribution in [0.2, 0.25) is 0 Å². The number of hydrogen-bond donors (Lipinski definition) is 3. The van der Waals surface area contributed by atoms with Crippen LogP contribution in [0.1, 0.15) is 47.7 Å². The number of amides is 3. The highest BCUT2D eigenvalue weighted by Crippen LogP contribution is 2.30. The highest BCUT2D eigenvalue weighted by molar-refractivity contribution is 6.02. The number of carbonyl (C=O) groups is 2. The van der Waals surface area contributed by atoms with Crippen LogP contribution in [0, 0.1) is 5.92 Å². The molecule has 7 nitrogen and oxygen atoms in total. The molecule has 0 atom stereocenters. The third-order valence-corrected chi connectivity index (χ3v) is 7.07. The van der Waals surface area contributed by atoms with Gasteiger partial charge in [-0.2, -0.15) is 0 Å². The van der Waals surface area contributed by atoms with E-state index in [-0.39, 0.29) is 11.9 Å². The van der Waals surface area contributed by atoms with Crippen molar-refractivity contribution in [3.05, 3.63) is 95.6 Å². The molecule has 0 aliphatic carbocycles. The molecule has 0 aromatic heterocycles. The van der Waals surface area contributed by atoms with Crippen LogP contribution < -0.4 is 20.9 Å². The smallest absolute Gasteiger partial charge is 0.319 e. The molecule has 0 unspecified atom stereocenters. The average Bonchev–Trinajstić information content (AvgIpc) is 2.97. The summed E-state index contributed by atoms with van der Waals surface area (Å²) in [4.78, 5) is 28.2. The lowest BCUT2D eigenvalue weighted by atomic mass is 9.89. The molecule has 3 aromatic rings. The third kappa shape index (κ3) is 8.86. The molecule has 7 heteroatoms. The zero-order valence-corrected chi connectivity index (χ0v) is 22.8. The lowest BCUT2D eigenvalue weighted by Gasteiger charge is -2.35. The van der Waals surface area contributed by atoms with Crippen LogP contribution in [0.4, 0.5) is 16.2 Å². The van der Waals surface area contributed by atoms with Crippen LogP contribution in [0.15, 0.2) is 78.9 Å². The minimum absolute atomic E-state index is 0.138. The lowest BCUT2D eigenvalue weighted by Crippen LogP contribution is -2.36. The second-order valence-corrected chi connectivity index (χ2v) is 9.95. The minimum Gasteiger partial charge on any atom is -0.382 e. The van der Waals surface area contributed by atoms with Gasteiger partial charge in [-0.05, 0) is 67.9 Å². The Bertz CT molecular complexity index is 1180. The Morgan fingerprint density at radius 3 is 2.28 bits per heavy atom. The van der Waals surface area contributed by atoms with E-state index in [9.17, 15) is 9.59 Å². The molecule has 3 N–H and O–H groups in total. The molecule has 0 bridgehead atoms. The molecule has 1 fully saturated rings. The zero-order chi connectivity index (χ0) is 27.3. The summed E-state index contributed by atoms with van der Waals surface area (Å²) in [6.07, 6.45) is 3.99. The van der Waals surface area contributed by atoms with Gasteiger partial charge in [0, 0.05) is 50.8 Å². The molecule has 0 saturated carbocycles.